The fraction of sp³-hybridized carbons (Fsp3) is 0.571. The van der Waals surface area contributed by atoms with E-state index in [4.69, 9.17) is 4.74 Å². The summed E-state index contributed by atoms with van der Waals surface area (Å²) in [5.41, 5.74) is 1.16. The molecule has 2 aromatic carbocycles. The van der Waals surface area contributed by atoms with Crippen molar-refractivity contribution in [3.8, 4) is 0 Å². The van der Waals surface area contributed by atoms with Crippen molar-refractivity contribution >= 4 is 38.8 Å². The van der Waals surface area contributed by atoms with E-state index in [0.717, 1.165) is 12.2 Å². The van der Waals surface area contributed by atoms with Gasteiger partial charge in [0, 0.05) is 0 Å². The molecular formula is C28H39AuClN2O2. The monoisotopic (exact) mass is 667 g/mol. The van der Waals surface area contributed by atoms with Crippen molar-refractivity contribution in [2.45, 2.75) is 89.1 Å². The van der Waals surface area contributed by atoms with E-state index in [9.17, 15) is 4.79 Å². The Hall–Kier alpha value is -1.17. The number of nitrogens with zero attached hydrogens (tertiary/aromatic N) is 2. The Morgan fingerprint density at radius 1 is 0.912 bits per heavy atom. The molecule has 4 nitrogen and oxygen atoms in total. The molecule has 0 radical (unpaired) electrons. The number of carbonyl (C=O) groups is 1. The van der Waals surface area contributed by atoms with Crippen LogP contribution in [0.2, 0.25) is 0 Å². The maximum absolute atomic E-state index is 12.3. The van der Waals surface area contributed by atoms with Gasteiger partial charge in [0.2, 0.25) is 0 Å². The summed E-state index contributed by atoms with van der Waals surface area (Å²) in [6.45, 7) is 0.887. The van der Waals surface area contributed by atoms with E-state index >= 15 is 0 Å². The third kappa shape index (κ3) is 6.95. The second-order valence-electron chi connectivity index (χ2n) is 9.64. The van der Waals surface area contributed by atoms with Gasteiger partial charge in [-0.2, -0.15) is 0 Å². The molecule has 191 valence electrons. The zero-order valence-electron chi connectivity index (χ0n) is 20.3. The number of halogens is 1. The first-order valence-corrected chi connectivity index (χ1v) is 13.9. The Morgan fingerprint density at radius 2 is 1.50 bits per heavy atom. The average Bonchev–Trinajstić information content (AvgIpc) is 3.14. The summed E-state index contributed by atoms with van der Waals surface area (Å²) < 4.78 is 6.31. The van der Waals surface area contributed by atoms with Gasteiger partial charge in [-0.05, 0) is 0 Å². The van der Waals surface area contributed by atoms with Gasteiger partial charge >= 0.3 is 212 Å². The Kier molecular flexibility index (Phi) is 11.1. The molecule has 1 saturated carbocycles. The summed E-state index contributed by atoms with van der Waals surface area (Å²) in [6.07, 6.45) is 15.2. The molecule has 0 N–H and O–H groups in total. The summed E-state index contributed by atoms with van der Waals surface area (Å²) in [7, 11) is 1.50. The zero-order valence-corrected chi connectivity index (χ0v) is 23.3. The number of esters is 1. The first kappa shape index (κ1) is 27.4. The third-order valence-corrected chi connectivity index (χ3v) is 8.47. The minimum atomic E-state index is -0.132. The van der Waals surface area contributed by atoms with Crippen molar-refractivity contribution in [1.82, 2.24) is 4.90 Å². The average molecular weight is 668 g/mol. The van der Waals surface area contributed by atoms with Crippen LogP contribution >= 0.6 is 12.4 Å². The number of hydrogen-bond acceptors (Lipinski definition) is 4. The first-order valence-electron chi connectivity index (χ1n) is 12.8. The van der Waals surface area contributed by atoms with Gasteiger partial charge in [0.25, 0.3) is 0 Å². The summed E-state index contributed by atoms with van der Waals surface area (Å²) >= 11 is 2.77. The number of carbonyl (C=O) groups excluding carboxylic acids is 1. The fourth-order valence-corrected chi connectivity index (χ4v) is 6.73. The van der Waals surface area contributed by atoms with E-state index in [1.807, 2.05) is 0 Å². The van der Waals surface area contributed by atoms with E-state index in [-0.39, 0.29) is 24.4 Å². The molecule has 1 unspecified atom stereocenters. The van der Waals surface area contributed by atoms with Crippen LogP contribution in [0.5, 0.6) is 0 Å². The van der Waals surface area contributed by atoms with E-state index in [0.29, 0.717) is 12.5 Å². The number of benzene rings is 2. The number of hydrogen-bond donors (Lipinski definition) is 0. The molecule has 6 heteroatoms. The molecule has 1 aliphatic carbocycles. The molecular weight excluding hydrogens is 629 g/mol. The number of anilines is 1. The number of rotatable bonds is 4. The fourth-order valence-electron chi connectivity index (χ4n) is 5.46. The van der Waals surface area contributed by atoms with Crippen LogP contribution in [0.15, 0.2) is 42.5 Å². The molecule has 1 aliphatic heterocycles. The van der Waals surface area contributed by atoms with Crippen LogP contribution < -0.4 is 4.90 Å². The van der Waals surface area contributed by atoms with E-state index in [1.54, 1.807) is 0 Å². The van der Waals surface area contributed by atoms with Crippen LogP contribution in [0.3, 0.4) is 0 Å². The van der Waals surface area contributed by atoms with Gasteiger partial charge in [0.15, 0.2) is 0 Å². The molecule has 0 amide bonds. The van der Waals surface area contributed by atoms with E-state index in [2.05, 4.69) is 72.9 Å². The Balaban J connectivity index is 0.00000324. The molecule has 1 atom stereocenters. The van der Waals surface area contributed by atoms with Crippen molar-refractivity contribution < 1.29 is 30.1 Å². The zero-order chi connectivity index (χ0) is 23.0. The summed E-state index contributed by atoms with van der Waals surface area (Å²) in [4.78, 5) is 17.3. The molecule has 1 saturated heterocycles. The Morgan fingerprint density at radius 3 is 2.12 bits per heavy atom. The summed E-state index contributed by atoms with van der Waals surface area (Å²) in [6, 6.07) is 15.8. The quantitative estimate of drug-likeness (QED) is 0.271. The molecule has 0 spiro atoms. The van der Waals surface area contributed by atoms with Crippen LogP contribution in [0, 0.1) is 0 Å². The van der Waals surface area contributed by atoms with E-state index in [1.165, 1.54) is 92.5 Å². The van der Waals surface area contributed by atoms with Crippen LogP contribution in [-0.4, -0.2) is 40.6 Å². The normalized spacial score (nSPS) is 21.6. The van der Waals surface area contributed by atoms with Crippen molar-refractivity contribution in [3.05, 3.63) is 42.5 Å². The predicted molar refractivity (Wildman–Crippen MR) is 140 cm³/mol. The van der Waals surface area contributed by atoms with Gasteiger partial charge in [-0.15, -0.1) is 12.4 Å². The summed E-state index contributed by atoms with van der Waals surface area (Å²) in [5.74, 6) is -0.132. The minimum absolute atomic E-state index is 0. The largest absolute Gasteiger partial charge is 0.147 e. The number of ether oxygens (including phenoxy) is 1. The standard InChI is InChI=1S/C28H38N2O2.Au.ClH/c1-32-28(31)20-27-21-29(25-15-9-7-5-3-2-4-6-8-10-16-25)22-30(27)26-18-17-23-13-11-12-14-24(23)19-26;;/h11-14,17-19,25,27H,2-10,15-16,20-21H2,1H3;;1H. The molecule has 2 fully saturated rings. The summed E-state index contributed by atoms with van der Waals surface area (Å²) in [5, 5.41) is 2.48. The molecule has 2 aromatic rings. The van der Waals surface area contributed by atoms with Crippen LogP contribution in [0.4, 0.5) is 5.69 Å². The maximum atomic E-state index is 12.3. The molecule has 34 heavy (non-hydrogen) atoms. The van der Waals surface area contributed by atoms with Gasteiger partial charge < -0.3 is 0 Å². The second kappa shape index (κ2) is 13.8. The molecule has 0 bridgehead atoms. The Bertz CT molecular complexity index is 941. The van der Waals surface area contributed by atoms with Gasteiger partial charge in [0.05, 0.1) is 0 Å². The minimum Gasteiger partial charge on any atom is -0.147 e. The van der Waals surface area contributed by atoms with Crippen LogP contribution in [0.1, 0.15) is 77.0 Å². The van der Waals surface area contributed by atoms with Crippen LogP contribution in [-0.2, 0) is 30.1 Å². The van der Waals surface area contributed by atoms with Crippen molar-refractivity contribution in [2.75, 3.05) is 18.6 Å². The third-order valence-electron chi connectivity index (χ3n) is 7.32. The predicted octanol–water partition coefficient (Wildman–Crippen LogP) is 6.62. The van der Waals surface area contributed by atoms with Gasteiger partial charge in [0.1, 0.15) is 0 Å². The van der Waals surface area contributed by atoms with Gasteiger partial charge in [-0.1, -0.05) is 0 Å². The second-order valence-corrected chi connectivity index (χ2v) is 10.6. The molecule has 0 aromatic heterocycles. The maximum Gasteiger partial charge on any atom is -0.147 e. The van der Waals surface area contributed by atoms with Gasteiger partial charge in [-0.25, -0.2) is 0 Å². The first-order chi connectivity index (χ1) is 16.2. The number of fused-ring (bicyclic) bond motifs is 1. The molecule has 1 heterocycles. The SMILES string of the molecule is COC(=O)CC1CN(C2CCCCCCCCCCC2)[C](=[Au])N1c1ccc2ccccc2c1.Cl. The number of methoxy groups -OCH3 is 1. The van der Waals surface area contributed by atoms with Crippen molar-refractivity contribution in [3.63, 3.8) is 0 Å². The van der Waals surface area contributed by atoms with Crippen molar-refractivity contribution in [1.29, 1.82) is 0 Å². The smallest absolute Gasteiger partial charge is 0.147 e. The van der Waals surface area contributed by atoms with Gasteiger partial charge in [-0.3, -0.25) is 0 Å². The molecule has 4 rings (SSSR count). The van der Waals surface area contributed by atoms with Crippen LogP contribution in [0.25, 0.3) is 10.8 Å². The molecule has 2 aliphatic rings. The van der Waals surface area contributed by atoms with Crippen molar-refractivity contribution in [2.24, 2.45) is 0 Å². The topological polar surface area (TPSA) is 32.8 Å². The Labute approximate surface area is 223 Å². The van der Waals surface area contributed by atoms with E-state index < -0.39 is 0 Å².